The van der Waals surface area contributed by atoms with E-state index in [9.17, 15) is 9.18 Å². The number of amides is 1. The molecular formula is C8H5ClFN5O. The van der Waals surface area contributed by atoms with E-state index in [0.29, 0.717) is 0 Å². The number of nitrogens with zero attached hydrogens (tertiary/aromatic N) is 3. The molecule has 82 valence electrons. The first-order valence-electron chi connectivity index (χ1n) is 4.17. The summed E-state index contributed by atoms with van der Waals surface area (Å²) in [6.45, 7) is 0. The summed E-state index contributed by atoms with van der Waals surface area (Å²) in [4.78, 5) is 11.6. The molecule has 1 heterocycles. The van der Waals surface area contributed by atoms with E-state index in [4.69, 9.17) is 11.6 Å². The van der Waals surface area contributed by atoms with Crippen molar-refractivity contribution in [3.05, 3.63) is 34.6 Å². The predicted molar refractivity (Wildman–Crippen MR) is 53.5 cm³/mol. The second-order valence-corrected chi connectivity index (χ2v) is 3.19. The number of hydrogen-bond donors (Lipinski definition) is 2. The van der Waals surface area contributed by atoms with Crippen LogP contribution in [0.2, 0.25) is 5.02 Å². The van der Waals surface area contributed by atoms with E-state index in [1.165, 1.54) is 12.1 Å². The Morgan fingerprint density at radius 1 is 1.50 bits per heavy atom. The number of tetrazole rings is 1. The van der Waals surface area contributed by atoms with Gasteiger partial charge in [0.25, 0.3) is 11.9 Å². The summed E-state index contributed by atoms with van der Waals surface area (Å²) in [5.41, 5.74) is -0.256. The maximum Gasteiger partial charge on any atom is 0.270 e. The zero-order valence-corrected chi connectivity index (χ0v) is 8.49. The Morgan fingerprint density at radius 2 is 2.31 bits per heavy atom. The molecule has 0 unspecified atom stereocenters. The molecule has 1 amide bonds. The molecule has 8 heteroatoms. The van der Waals surface area contributed by atoms with Gasteiger partial charge in [0.05, 0.1) is 10.6 Å². The molecule has 0 spiro atoms. The van der Waals surface area contributed by atoms with Crippen molar-refractivity contribution in [3.8, 4) is 0 Å². The second kappa shape index (κ2) is 4.23. The molecular weight excluding hydrogens is 237 g/mol. The van der Waals surface area contributed by atoms with Gasteiger partial charge in [-0.05, 0) is 17.3 Å². The molecule has 0 saturated carbocycles. The number of hydrogen-bond acceptors (Lipinski definition) is 4. The van der Waals surface area contributed by atoms with Gasteiger partial charge in [0.15, 0.2) is 0 Å². The fourth-order valence-electron chi connectivity index (χ4n) is 1.09. The average Bonchev–Trinajstić information content (AvgIpc) is 2.70. The molecule has 0 bridgehead atoms. The maximum absolute atomic E-state index is 13.3. The first-order valence-corrected chi connectivity index (χ1v) is 4.55. The molecule has 0 saturated heterocycles. The fraction of sp³-hybridized carbons (Fsp3) is 0. The van der Waals surface area contributed by atoms with Crippen LogP contribution in [0.15, 0.2) is 18.2 Å². The molecule has 0 aliphatic carbocycles. The molecule has 0 radical (unpaired) electrons. The number of aromatic nitrogens is 4. The van der Waals surface area contributed by atoms with Gasteiger partial charge in [-0.3, -0.25) is 10.1 Å². The minimum Gasteiger partial charge on any atom is -0.288 e. The highest BCUT2D eigenvalue weighted by atomic mass is 35.5. The lowest BCUT2D eigenvalue weighted by Crippen LogP contribution is -2.15. The molecule has 1 aromatic heterocycles. The van der Waals surface area contributed by atoms with E-state index in [2.05, 4.69) is 25.9 Å². The van der Waals surface area contributed by atoms with Crippen LogP contribution >= 0.6 is 11.6 Å². The Kier molecular flexibility index (Phi) is 2.78. The summed E-state index contributed by atoms with van der Waals surface area (Å²) in [5.74, 6) is -1.50. The highest BCUT2D eigenvalue weighted by molar-refractivity contribution is 6.34. The van der Waals surface area contributed by atoms with Crippen LogP contribution in [-0.4, -0.2) is 26.5 Å². The van der Waals surface area contributed by atoms with Crippen molar-refractivity contribution in [2.45, 2.75) is 0 Å². The van der Waals surface area contributed by atoms with E-state index >= 15 is 0 Å². The SMILES string of the molecule is O=C(Nc1nn[nH]n1)c1c(F)cccc1Cl. The molecule has 1 aromatic carbocycles. The van der Waals surface area contributed by atoms with E-state index in [-0.39, 0.29) is 16.5 Å². The monoisotopic (exact) mass is 241 g/mol. The number of nitrogens with one attached hydrogen (secondary N) is 2. The van der Waals surface area contributed by atoms with Crippen molar-refractivity contribution in [2.75, 3.05) is 5.32 Å². The smallest absolute Gasteiger partial charge is 0.270 e. The molecule has 0 atom stereocenters. The number of benzene rings is 1. The van der Waals surface area contributed by atoms with E-state index in [1.54, 1.807) is 0 Å². The fourth-order valence-corrected chi connectivity index (χ4v) is 1.34. The Morgan fingerprint density at radius 3 is 2.94 bits per heavy atom. The summed E-state index contributed by atoms with van der Waals surface area (Å²) in [6, 6.07) is 3.95. The Hall–Kier alpha value is -2.02. The molecule has 2 aromatic rings. The van der Waals surface area contributed by atoms with Crippen LogP contribution in [0, 0.1) is 5.82 Å². The molecule has 0 aliphatic heterocycles. The molecule has 2 rings (SSSR count). The van der Waals surface area contributed by atoms with Crippen molar-refractivity contribution in [1.82, 2.24) is 20.6 Å². The van der Waals surface area contributed by atoms with Gasteiger partial charge in [-0.25, -0.2) is 4.39 Å². The molecule has 0 fully saturated rings. The number of aromatic amines is 1. The van der Waals surface area contributed by atoms with Gasteiger partial charge in [-0.1, -0.05) is 22.8 Å². The third kappa shape index (κ3) is 1.98. The van der Waals surface area contributed by atoms with Gasteiger partial charge in [0.1, 0.15) is 5.82 Å². The van der Waals surface area contributed by atoms with Crippen LogP contribution in [0.4, 0.5) is 10.3 Å². The highest BCUT2D eigenvalue weighted by Gasteiger charge is 2.16. The lowest BCUT2D eigenvalue weighted by atomic mass is 10.2. The van der Waals surface area contributed by atoms with E-state index in [1.807, 2.05) is 0 Å². The largest absolute Gasteiger partial charge is 0.288 e. The lowest BCUT2D eigenvalue weighted by Gasteiger charge is -2.03. The van der Waals surface area contributed by atoms with E-state index < -0.39 is 11.7 Å². The van der Waals surface area contributed by atoms with Crippen LogP contribution in [0.3, 0.4) is 0 Å². The predicted octanol–water partition coefficient (Wildman–Crippen LogP) is 1.24. The van der Waals surface area contributed by atoms with Crippen molar-refractivity contribution in [2.24, 2.45) is 0 Å². The quantitative estimate of drug-likeness (QED) is 0.829. The van der Waals surface area contributed by atoms with Gasteiger partial charge in [0, 0.05) is 0 Å². The first kappa shape index (κ1) is 10.5. The van der Waals surface area contributed by atoms with Gasteiger partial charge in [-0.2, -0.15) is 5.21 Å². The standard InChI is InChI=1S/C8H5ClFN5O/c9-4-2-1-3-5(10)6(4)7(16)11-8-12-14-15-13-8/h1-3H,(H2,11,12,13,14,15,16). The number of H-pyrrole nitrogens is 1. The van der Waals surface area contributed by atoms with Crippen molar-refractivity contribution in [3.63, 3.8) is 0 Å². The van der Waals surface area contributed by atoms with Crippen LogP contribution in [0.1, 0.15) is 10.4 Å². The second-order valence-electron chi connectivity index (χ2n) is 2.79. The summed E-state index contributed by atoms with van der Waals surface area (Å²) in [5, 5.41) is 14.6. The minimum atomic E-state index is -0.732. The van der Waals surface area contributed by atoms with Crippen LogP contribution < -0.4 is 5.32 Å². The maximum atomic E-state index is 13.3. The molecule has 16 heavy (non-hydrogen) atoms. The lowest BCUT2D eigenvalue weighted by molar-refractivity contribution is 0.102. The van der Waals surface area contributed by atoms with Gasteiger partial charge < -0.3 is 0 Å². The Balaban J connectivity index is 2.28. The summed E-state index contributed by atoms with van der Waals surface area (Å²) in [6.07, 6.45) is 0. The van der Waals surface area contributed by atoms with Gasteiger partial charge in [0.2, 0.25) is 0 Å². The highest BCUT2D eigenvalue weighted by Crippen LogP contribution is 2.19. The Labute approximate surface area is 93.8 Å². The molecule has 2 N–H and O–H groups in total. The van der Waals surface area contributed by atoms with Gasteiger partial charge in [-0.15, -0.1) is 5.10 Å². The number of rotatable bonds is 2. The first-order chi connectivity index (χ1) is 7.68. The average molecular weight is 242 g/mol. The van der Waals surface area contributed by atoms with Crippen molar-refractivity contribution >= 4 is 23.5 Å². The number of anilines is 1. The Bertz CT molecular complexity index is 495. The number of carbonyl (C=O) groups is 1. The van der Waals surface area contributed by atoms with Crippen LogP contribution in [0.25, 0.3) is 0 Å². The van der Waals surface area contributed by atoms with Gasteiger partial charge >= 0.3 is 0 Å². The van der Waals surface area contributed by atoms with Crippen LogP contribution in [0.5, 0.6) is 0 Å². The normalized spacial score (nSPS) is 10.1. The minimum absolute atomic E-state index is 0.0148. The number of carbonyl (C=O) groups excluding carboxylic acids is 1. The zero-order valence-electron chi connectivity index (χ0n) is 7.74. The number of halogens is 2. The summed E-state index contributed by atoms with van der Waals surface area (Å²) in [7, 11) is 0. The third-order valence-corrected chi connectivity index (χ3v) is 2.08. The topological polar surface area (TPSA) is 83.6 Å². The summed E-state index contributed by atoms with van der Waals surface area (Å²) >= 11 is 5.70. The summed E-state index contributed by atoms with van der Waals surface area (Å²) < 4.78 is 13.3. The molecule has 6 nitrogen and oxygen atoms in total. The van der Waals surface area contributed by atoms with Crippen LogP contribution in [-0.2, 0) is 0 Å². The molecule has 0 aliphatic rings. The zero-order chi connectivity index (χ0) is 11.5. The van der Waals surface area contributed by atoms with Crippen molar-refractivity contribution < 1.29 is 9.18 Å². The van der Waals surface area contributed by atoms with Crippen molar-refractivity contribution in [1.29, 1.82) is 0 Å². The van der Waals surface area contributed by atoms with E-state index in [0.717, 1.165) is 6.07 Å². The third-order valence-electron chi connectivity index (χ3n) is 1.76.